The summed E-state index contributed by atoms with van der Waals surface area (Å²) in [6, 6.07) is 0. The summed E-state index contributed by atoms with van der Waals surface area (Å²) in [4.78, 5) is 17.4. The number of hydrogen-bond donors (Lipinski definition) is 1. The molecule has 2 rings (SSSR count). The van der Waals surface area contributed by atoms with E-state index in [9.17, 15) is 18.0 Å². The minimum absolute atomic E-state index is 0.283. The molecule has 0 amide bonds. The van der Waals surface area contributed by atoms with E-state index in [1.165, 1.54) is 0 Å². The number of aromatic carboxylic acids is 1. The van der Waals surface area contributed by atoms with E-state index in [0.29, 0.717) is 6.20 Å². The van der Waals surface area contributed by atoms with E-state index < -0.39 is 17.8 Å². The third kappa shape index (κ3) is 1.58. The molecule has 84 valence electrons. The lowest BCUT2D eigenvalue weighted by molar-refractivity contribution is -0.140. The third-order valence-corrected chi connectivity index (χ3v) is 1.89. The standard InChI is InChI=1S/C8H4F3N3O2/c9-8(10,11)5-2-14-3-12-1-4(7(15)16)6(14)13-5/h1-3H,(H,15,16). The summed E-state index contributed by atoms with van der Waals surface area (Å²) in [6.45, 7) is 0. The number of carboxylic acid groups (broad SMARTS) is 1. The topological polar surface area (TPSA) is 67.5 Å². The molecule has 0 aliphatic heterocycles. The summed E-state index contributed by atoms with van der Waals surface area (Å²) in [5.74, 6) is -1.38. The maximum atomic E-state index is 12.3. The monoisotopic (exact) mass is 231 g/mol. The Labute approximate surface area is 86.2 Å². The van der Waals surface area contributed by atoms with Crippen LogP contribution in [0.15, 0.2) is 18.7 Å². The molecule has 0 saturated carbocycles. The average molecular weight is 231 g/mol. The Kier molecular flexibility index (Phi) is 2.07. The molecule has 0 radical (unpaired) electrons. The van der Waals surface area contributed by atoms with Crippen molar-refractivity contribution < 1.29 is 23.1 Å². The second kappa shape index (κ2) is 3.19. The second-order valence-electron chi connectivity index (χ2n) is 2.97. The van der Waals surface area contributed by atoms with Crippen LogP contribution in [-0.2, 0) is 6.18 Å². The van der Waals surface area contributed by atoms with Crippen molar-refractivity contribution in [3.8, 4) is 0 Å². The van der Waals surface area contributed by atoms with Gasteiger partial charge in [-0.1, -0.05) is 0 Å². The molecular weight excluding hydrogens is 227 g/mol. The zero-order chi connectivity index (χ0) is 11.9. The molecule has 2 heterocycles. The van der Waals surface area contributed by atoms with Crippen molar-refractivity contribution in [2.75, 3.05) is 0 Å². The Hall–Kier alpha value is -2.12. The van der Waals surface area contributed by atoms with Crippen LogP contribution in [-0.4, -0.2) is 25.4 Å². The molecule has 0 fully saturated rings. The van der Waals surface area contributed by atoms with Gasteiger partial charge in [-0.15, -0.1) is 0 Å². The van der Waals surface area contributed by atoms with Crippen LogP contribution in [0.4, 0.5) is 13.2 Å². The van der Waals surface area contributed by atoms with Crippen molar-refractivity contribution in [1.82, 2.24) is 14.4 Å². The average Bonchev–Trinajstić information content (AvgIpc) is 2.59. The lowest BCUT2D eigenvalue weighted by Crippen LogP contribution is -2.05. The van der Waals surface area contributed by atoms with Crippen molar-refractivity contribution in [3.63, 3.8) is 0 Å². The number of carbonyl (C=O) groups is 1. The molecule has 0 bridgehead atoms. The number of imidazole rings is 1. The van der Waals surface area contributed by atoms with E-state index >= 15 is 0 Å². The fourth-order valence-electron chi connectivity index (χ4n) is 1.21. The van der Waals surface area contributed by atoms with Gasteiger partial charge in [-0.3, -0.25) is 4.40 Å². The Morgan fingerprint density at radius 1 is 1.44 bits per heavy atom. The van der Waals surface area contributed by atoms with Crippen LogP contribution in [0, 0.1) is 0 Å². The number of hydrogen-bond acceptors (Lipinski definition) is 3. The molecule has 0 aromatic carbocycles. The van der Waals surface area contributed by atoms with Crippen molar-refractivity contribution in [3.05, 3.63) is 30.0 Å². The van der Waals surface area contributed by atoms with E-state index in [0.717, 1.165) is 16.9 Å². The highest BCUT2D eigenvalue weighted by atomic mass is 19.4. The Bertz CT molecular complexity index is 561. The highest BCUT2D eigenvalue weighted by Gasteiger charge is 2.34. The minimum Gasteiger partial charge on any atom is -0.477 e. The van der Waals surface area contributed by atoms with Gasteiger partial charge in [-0.25, -0.2) is 14.8 Å². The zero-order valence-electron chi connectivity index (χ0n) is 7.56. The van der Waals surface area contributed by atoms with Crippen LogP contribution in [0.5, 0.6) is 0 Å². The van der Waals surface area contributed by atoms with Gasteiger partial charge in [0.25, 0.3) is 0 Å². The second-order valence-corrected chi connectivity index (χ2v) is 2.97. The first kappa shape index (κ1) is 10.4. The molecule has 0 saturated heterocycles. The van der Waals surface area contributed by atoms with E-state index in [1.807, 2.05) is 0 Å². The van der Waals surface area contributed by atoms with E-state index in [2.05, 4.69) is 9.97 Å². The Balaban J connectivity index is 2.71. The van der Waals surface area contributed by atoms with E-state index in [1.54, 1.807) is 0 Å². The van der Waals surface area contributed by atoms with Crippen LogP contribution in [0.2, 0.25) is 0 Å². The first-order valence-electron chi connectivity index (χ1n) is 4.03. The Morgan fingerprint density at radius 3 is 2.69 bits per heavy atom. The zero-order valence-corrected chi connectivity index (χ0v) is 7.56. The van der Waals surface area contributed by atoms with Crippen LogP contribution >= 0.6 is 0 Å². The molecule has 2 aromatic rings. The molecule has 16 heavy (non-hydrogen) atoms. The van der Waals surface area contributed by atoms with Gasteiger partial charge >= 0.3 is 12.1 Å². The largest absolute Gasteiger partial charge is 0.477 e. The van der Waals surface area contributed by atoms with Crippen molar-refractivity contribution in [2.45, 2.75) is 6.18 Å². The molecule has 8 heteroatoms. The number of alkyl halides is 3. The molecule has 5 nitrogen and oxygen atoms in total. The van der Waals surface area contributed by atoms with Crippen LogP contribution in [0.25, 0.3) is 5.65 Å². The number of nitrogens with zero attached hydrogens (tertiary/aromatic N) is 3. The maximum absolute atomic E-state index is 12.3. The van der Waals surface area contributed by atoms with Gasteiger partial charge in [0.15, 0.2) is 11.3 Å². The summed E-state index contributed by atoms with van der Waals surface area (Å²) >= 11 is 0. The first-order chi connectivity index (χ1) is 7.39. The van der Waals surface area contributed by atoms with Crippen molar-refractivity contribution >= 4 is 11.6 Å². The van der Waals surface area contributed by atoms with Crippen molar-refractivity contribution in [2.24, 2.45) is 0 Å². The van der Waals surface area contributed by atoms with Gasteiger partial charge in [0.1, 0.15) is 11.9 Å². The summed E-state index contributed by atoms with van der Waals surface area (Å²) in [7, 11) is 0. The van der Waals surface area contributed by atoms with Gasteiger partial charge < -0.3 is 5.11 Å². The molecule has 0 unspecified atom stereocenters. The smallest absolute Gasteiger partial charge is 0.434 e. The quantitative estimate of drug-likeness (QED) is 0.806. The molecule has 0 atom stereocenters. The van der Waals surface area contributed by atoms with Gasteiger partial charge in [-0.2, -0.15) is 13.2 Å². The SMILES string of the molecule is O=C(O)c1cncn2cc(C(F)(F)F)nc12. The lowest BCUT2D eigenvalue weighted by Gasteiger charge is -1.98. The predicted octanol–water partition coefficient (Wildman–Crippen LogP) is 1.45. The molecule has 0 spiro atoms. The predicted molar refractivity (Wildman–Crippen MR) is 44.9 cm³/mol. The first-order valence-corrected chi connectivity index (χ1v) is 4.03. The number of rotatable bonds is 1. The van der Waals surface area contributed by atoms with Crippen LogP contribution in [0.1, 0.15) is 16.1 Å². The van der Waals surface area contributed by atoms with Gasteiger partial charge in [0, 0.05) is 12.4 Å². The fourth-order valence-corrected chi connectivity index (χ4v) is 1.21. The number of fused-ring (bicyclic) bond motifs is 1. The van der Waals surface area contributed by atoms with E-state index in [-0.39, 0.29) is 11.2 Å². The highest BCUT2D eigenvalue weighted by molar-refractivity contribution is 5.93. The number of halogens is 3. The normalized spacial score (nSPS) is 11.9. The minimum atomic E-state index is -4.61. The molecule has 0 aliphatic carbocycles. The highest BCUT2D eigenvalue weighted by Crippen LogP contribution is 2.28. The van der Waals surface area contributed by atoms with Crippen molar-refractivity contribution in [1.29, 1.82) is 0 Å². The van der Waals surface area contributed by atoms with Gasteiger partial charge in [0.05, 0.1) is 0 Å². The lowest BCUT2D eigenvalue weighted by atomic mass is 10.3. The summed E-state index contributed by atoms with van der Waals surface area (Å²) in [5.41, 5.74) is -1.81. The molecule has 0 aliphatic rings. The fraction of sp³-hybridized carbons (Fsp3) is 0.125. The number of aromatic nitrogens is 3. The molecule has 1 N–H and O–H groups in total. The Morgan fingerprint density at radius 2 is 2.12 bits per heavy atom. The third-order valence-electron chi connectivity index (χ3n) is 1.89. The van der Waals surface area contributed by atoms with Gasteiger partial charge in [-0.05, 0) is 0 Å². The maximum Gasteiger partial charge on any atom is 0.434 e. The molecule has 2 aromatic heterocycles. The summed E-state index contributed by atoms with van der Waals surface area (Å²) < 4.78 is 37.9. The van der Waals surface area contributed by atoms with Crippen LogP contribution < -0.4 is 0 Å². The summed E-state index contributed by atoms with van der Waals surface area (Å²) in [5, 5.41) is 8.72. The van der Waals surface area contributed by atoms with Crippen LogP contribution in [0.3, 0.4) is 0 Å². The van der Waals surface area contributed by atoms with E-state index in [4.69, 9.17) is 5.11 Å². The molecular formula is C8H4F3N3O2. The van der Waals surface area contributed by atoms with Gasteiger partial charge in [0.2, 0.25) is 0 Å². The number of carboxylic acids is 1. The summed E-state index contributed by atoms with van der Waals surface area (Å²) in [6.07, 6.45) is -1.91.